The maximum atomic E-state index is 12.4. The SMILES string of the molecule is CC(CN)C(=O)N1CCCC1c1ccc2c(c1)OCO2. The number of benzene rings is 1. The Morgan fingerprint density at radius 1 is 1.45 bits per heavy atom. The lowest BCUT2D eigenvalue weighted by Crippen LogP contribution is -2.37. The van der Waals surface area contributed by atoms with E-state index in [4.69, 9.17) is 15.2 Å². The maximum absolute atomic E-state index is 12.4. The van der Waals surface area contributed by atoms with Crippen LogP contribution in [0.3, 0.4) is 0 Å². The quantitative estimate of drug-likeness (QED) is 0.912. The predicted molar refractivity (Wildman–Crippen MR) is 74.5 cm³/mol. The topological polar surface area (TPSA) is 64.8 Å². The van der Waals surface area contributed by atoms with Gasteiger partial charge in [-0.25, -0.2) is 0 Å². The molecule has 0 bridgehead atoms. The molecule has 1 fully saturated rings. The Morgan fingerprint density at radius 3 is 3.05 bits per heavy atom. The van der Waals surface area contributed by atoms with Gasteiger partial charge in [0.1, 0.15) is 0 Å². The highest BCUT2D eigenvalue weighted by molar-refractivity contribution is 5.79. The fraction of sp³-hybridized carbons (Fsp3) is 0.533. The highest BCUT2D eigenvalue weighted by Gasteiger charge is 2.32. The molecule has 2 heterocycles. The molecule has 0 aromatic heterocycles. The first-order valence-corrected chi connectivity index (χ1v) is 7.11. The molecule has 2 aliphatic rings. The van der Waals surface area contributed by atoms with E-state index in [2.05, 4.69) is 0 Å². The zero-order valence-corrected chi connectivity index (χ0v) is 11.7. The predicted octanol–water partition coefficient (Wildman–Crippen LogP) is 1.67. The van der Waals surface area contributed by atoms with Crippen LogP contribution in [0.4, 0.5) is 0 Å². The van der Waals surface area contributed by atoms with Gasteiger partial charge in [0.2, 0.25) is 12.7 Å². The molecule has 20 heavy (non-hydrogen) atoms. The average molecular weight is 276 g/mol. The Balaban J connectivity index is 1.83. The van der Waals surface area contributed by atoms with Gasteiger partial charge < -0.3 is 20.1 Å². The summed E-state index contributed by atoms with van der Waals surface area (Å²) in [4.78, 5) is 14.3. The van der Waals surface area contributed by atoms with Gasteiger partial charge in [0, 0.05) is 19.0 Å². The maximum Gasteiger partial charge on any atom is 0.231 e. The minimum Gasteiger partial charge on any atom is -0.454 e. The second kappa shape index (κ2) is 5.32. The summed E-state index contributed by atoms with van der Waals surface area (Å²) in [6.45, 7) is 3.36. The molecule has 2 unspecified atom stereocenters. The van der Waals surface area contributed by atoms with Gasteiger partial charge in [0.25, 0.3) is 0 Å². The standard InChI is InChI=1S/C15H20N2O3/c1-10(8-16)15(18)17-6-2-3-12(17)11-4-5-13-14(7-11)20-9-19-13/h4-5,7,10,12H,2-3,6,8-9,16H2,1H3. The number of amides is 1. The smallest absolute Gasteiger partial charge is 0.231 e. The highest BCUT2D eigenvalue weighted by Crippen LogP contribution is 2.39. The molecular formula is C15H20N2O3. The van der Waals surface area contributed by atoms with Crippen LogP contribution in [0.2, 0.25) is 0 Å². The van der Waals surface area contributed by atoms with Crippen LogP contribution >= 0.6 is 0 Å². The van der Waals surface area contributed by atoms with Crippen LogP contribution in [-0.2, 0) is 4.79 Å². The summed E-state index contributed by atoms with van der Waals surface area (Å²) in [5.74, 6) is 1.57. The lowest BCUT2D eigenvalue weighted by atomic mass is 10.0. The third-order valence-electron chi connectivity index (χ3n) is 4.09. The van der Waals surface area contributed by atoms with Crippen LogP contribution in [-0.4, -0.2) is 30.7 Å². The van der Waals surface area contributed by atoms with Gasteiger partial charge in [-0.15, -0.1) is 0 Å². The number of ether oxygens (including phenoxy) is 2. The molecule has 0 saturated carbocycles. The van der Waals surface area contributed by atoms with Gasteiger partial charge in [-0.3, -0.25) is 4.79 Å². The molecule has 1 amide bonds. The molecular weight excluding hydrogens is 256 g/mol. The first-order chi connectivity index (χ1) is 9.70. The summed E-state index contributed by atoms with van der Waals surface area (Å²) in [6.07, 6.45) is 2.02. The van der Waals surface area contributed by atoms with E-state index in [9.17, 15) is 4.79 Å². The second-order valence-electron chi connectivity index (χ2n) is 5.44. The Morgan fingerprint density at radius 2 is 2.25 bits per heavy atom. The number of fused-ring (bicyclic) bond motifs is 1. The Hall–Kier alpha value is -1.75. The van der Waals surface area contributed by atoms with Crippen molar-refractivity contribution in [1.82, 2.24) is 4.90 Å². The summed E-state index contributed by atoms with van der Waals surface area (Å²) in [6, 6.07) is 6.07. The minimum absolute atomic E-state index is 0.121. The van der Waals surface area contributed by atoms with E-state index in [1.807, 2.05) is 30.0 Å². The number of carbonyl (C=O) groups excluding carboxylic acids is 1. The van der Waals surface area contributed by atoms with Gasteiger partial charge in [0.15, 0.2) is 11.5 Å². The number of hydrogen-bond donors (Lipinski definition) is 1. The summed E-state index contributed by atoms with van der Waals surface area (Å²) in [5, 5.41) is 0. The lowest BCUT2D eigenvalue weighted by Gasteiger charge is -2.27. The molecule has 3 rings (SSSR count). The summed E-state index contributed by atoms with van der Waals surface area (Å²) in [5.41, 5.74) is 6.73. The zero-order valence-electron chi connectivity index (χ0n) is 11.7. The van der Waals surface area contributed by atoms with Crippen LogP contribution in [0.15, 0.2) is 18.2 Å². The fourth-order valence-electron chi connectivity index (χ4n) is 2.88. The zero-order chi connectivity index (χ0) is 14.1. The van der Waals surface area contributed by atoms with Gasteiger partial charge in [-0.2, -0.15) is 0 Å². The van der Waals surface area contributed by atoms with E-state index in [1.54, 1.807) is 0 Å². The number of nitrogens with two attached hydrogens (primary N) is 1. The van der Waals surface area contributed by atoms with Crippen molar-refractivity contribution in [1.29, 1.82) is 0 Å². The highest BCUT2D eigenvalue weighted by atomic mass is 16.7. The molecule has 2 N–H and O–H groups in total. The molecule has 0 radical (unpaired) electrons. The molecule has 0 aliphatic carbocycles. The van der Waals surface area contributed by atoms with Crippen LogP contribution in [0.25, 0.3) is 0 Å². The normalized spacial score (nSPS) is 22.1. The van der Waals surface area contributed by atoms with Gasteiger partial charge in [-0.1, -0.05) is 13.0 Å². The first kappa shape index (κ1) is 13.2. The molecule has 5 heteroatoms. The van der Waals surface area contributed by atoms with E-state index in [-0.39, 0.29) is 24.7 Å². The van der Waals surface area contributed by atoms with Crippen molar-refractivity contribution in [3.8, 4) is 11.5 Å². The molecule has 108 valence electrons. The molecule has 1 aromatic carbocycles. The molecule has 2 aliphatic heterocycles. The van der Waals surface area contributed by atoms with E-state index in [1.165, 1.54) is 0 Å². The van der Waals surface area contributed by atoms with E-state index < -0.39 is 0 Å². The minimum atomic E-state index is -0.121. The van der Waals surface area contributed by atoms with E-state index >= 15 is 0 Å². The van der Waals surface area contributed by atoms with Crippen molar-refractivity contribution in [2.45, 2.75) is 25.8 Å². The molecule has 1 aromatic rings. The molecule has 0 spiro atoms. The monoisotopic (exact) mass is 276 g/mol. The third kappa shape index (κ3) is 2.22. The van der Waals surface area contributed by atoms with Gasteiger partial charge in [-0.05, 0) is 30.5 Å². The third-order valence-corrected chi connectivity index (χ3v) is 4.09. The van der Waals surface area contributed by atoms with Gasteiger partial charge >= 0.3 is 0 Å². The summed E-state index contributed by atoms with van der Waals surface area (Å²) >= 11 is 0. The lowest BCUT2D eigenvalue weighted by molar-refractivity contribution is -0.135. The molecule has 5 nitrogen and oxygen atoms in total. The Labute approximate surface area is 118 Å². The van der Waals surface area contributed by atoms with E-state index in [0.29, 0.717) is 6.54 Å². The van der Waals surface area contributed by atoms with Crippen molar-refractivity contribution in [2.75, 3.05) is 19.9 Å². The first-order valence-electron chi connectivity index (χ1n) is 7.11. The number of likely N-dealkylation sites (tertiary alicyclic amines) is 1. The van der Waals surface area contributed by atoms with E-state index in [0.717, 1.165) is 36.4 Å². The molecule has 1 saturated heterocycles. The summed E-state index contributed by atoms with van der Waals surface area (Å²) < 4.78 is 10.7. The van der Waals surface area contributed by atoms with Crippen molar-refractivity contribution < 1.29 is 14.3 Å². The van der Waals surface area contributed by atoms with Crippen LogP contribution in [0.1, 0.15) is 31.4 Å². The van der Waals surface area contributed by atoms with Crippen molar-refractivity contribution in [3.63, 3.8) is 0 Å². The number of nitrogens with zero attached hydrogens (tertiary/aromatic N) is 1. The average Bonchev–Trinajstić information content (AvgIpc) is 3.12. The number of carbonyl (C=O) groups is 1. The van der Waals surface area contributed by atoms with Crippen LogP contribution in [0, 0.1) is 5.92 Å². The van der Waals surface area contributed by atoms with Crippen LogP contribution < -0.4 is 15.2 Å². The fourth-order valence-corrected chi connectivity index (χ4v) is 2.88. The Bertz CT molecular complexity index is 518. The van der Waals surface area contributed by atoms with Crippen molar-refractivity contribution in [3.05, 3.63) is 23.8 Å². The van der Waals surface area contributed by atoms with Crippen molar-refractivity contribution >= 4 is 5.91 Å². The van der Waals surface area contributed by atoms with Crippen LogP contribution in [0.5, 0.6) is 11.5 Å². The number of rotatable bonds is 3. The van der Waals surface area contributed by atoms with Crippen molar-refractivity contribution in [2.24, 2.45) is 11.7 Å². The largest absolute Gasteiger partial charge is 0.454 e. The van der Waals surface area contributed by atoms with Gasteiger partial charge in [0.05, 0.1) is 6.04 Å². The number of hydrogen-bond acceptors (Lipinski definition) is 4. The Kier molecular flexibility index (Phi) is 3.53. The second-order valence-corrected chi connectivity index (χ2v) is 5.44. The molecule has 2 atom stereocenters. The summed E-state index contributed by atoms with van der Waals surface area (Å²) in [7, 11) is 0.